The number of carbonyl (C=O) groups excluding carboxylic acids is 2. The molecular weight excluding hydrogens is 288 g/mol. The summed E-state index contributed by atoms with van der Waals surface area (Å²) in [4.78, 5) is 21.8. The van der Waals surface area contributed by atoms with E-state index in [4.69, 9.17) is 0 Å². The second kappa shape index (κ2) is 19.2. The molecule has 23 heavy (non-hydrogen) atoms. The van der Waals surface area contributed by atoms with Crippen molar-refractivity contribution < 1.29 is 14.3 Å². The highest BCUT2D eigenvalue weighted by Crippen LogP contribution is 2.09. The Labute approximate surface area is 145 Å². The molecule has 0 spiro atoms. The number of hydrogen-bond donors (Lipinski definition) is 0. The van der Waals surface area contributed by atoms with Crippen molar-refractivity contribution in [1.29, 1.82) is 0 Å². The van der Waals surface area contributed by atoms with Gasteiger partial charge >= 0.3 is 5.97 Å². The fourth-order valence-corrected chi connectivity index (χ4v) is 1.33. The number of ketones is 1. The lowest BCUT2D eigenvalue weighted by Crippen LogP contribution is -2.10. The van der Waals surface area contributed by atoms with Gasteiger partial charge in [0.2, 0.25) is 0 Å². The lowest BCUT2D eigenvalue weighted by molar-refractivity contribution is -0.146. The largest absolute Gasteiger partial charge is 0.466 e. The summed E-state index contributed by atoms with van der Waals surface area (Å²) in [5.74, 6) is 1.65. The van der Waals surface area contributed by atoms with Gasteiger partial charge in [-0.1, -0.05) is 61.8 Å². The first-order chi connectivity index (χ1) is 10.6. The van der Waals surface area contributed by atoms with Gasteiger partial charge in [0.1, 0.15) is 5.78 Å². The molecule has 0 aromatic carbocycles. The maximum Gasteiger partial charge on any atom is 0.308 e. The van der Waals surface area contributed by atoms with Gasteiger partial charge in [0.15, 0.2) is 0 Å². The van der Waals surface area contributed by atoms with Crippen molar-refractivity contribution in [2.24, 2.45) is 17.8 Å². The van der Waals surface area contributed by atoms with Crippen LogP contribution in [-0.2, 0) is 14.3 Å². The van der Waals surface area contributed by atoms with Crippen LogP contribution in [0.5, 0.6) is 0 Å². The molecule has 0 aliphatic rings. The third-order valence-corrected chi connectivity index (χ3v) is 2.76. The molecule has 0 aliphatic carbocycles. The number of Topliss-reactive ketones (excluding diaryl/α,β-unsaturated/α-hetero) is 1. The molecule has 0 saturated heterocycles. The van der Waals surface area contributed by atoms with Gasteiger partial charge < -0.3 is 4.74 Å². The van der Waals surface area contributed by atoms with Crippen LogP contribution in [0.3, 0.4) is 0 Å². The molecule has 0 bridgehead atoms. The summed E-state index contributed by atoms with van der Waals surface area (Å²) in [6.07, 6.45) is 4.92. The highest BCUT2D eigenvalue weighted by Gasteiger charge is 2.05. The summed E-state index contributed by atoms with van der Waals surface area (Å²) in [6, 6.07) is 0. The number of rotatable bonds is 8. The molecule has 0 aliphatic heterocycles. The van der Waals surface area contributed by atoms with Gasteiger partial charge in [-0.2, -0.15) is 0 Å². The van der Waals surface area contributed by atoms with Gasteiger partial charge in [-0.3, -0.25) is 9.59 Å². The fourth-order valence-electron chi connectivity index (χ4n) is 1.33. The van der Waals surface area contributed by atoms with Crippen molar-refractivity contribution >= 4 is 11.8 Å². The highest BCUT2D eigenvalue weighted by molar-refractivity contribution is 5.78. The van der Waals surface area contributed by atoms with Crippen LogP contribution in [0.25, 0.3) is 0 Å². The molecule has 0 atom stereocenters. The second-order valence-electron chi connectivity index (χ2n) is 7.02. The lowest BCUT2D eigenvalue weighted by Gasteiger charge is -2.05. The summed E-state index contributed by atoms with van der Waals surface area (Å²) < 4.78 is 4.66. The van der Waals surface area contributed by atoms with Crippen LogP contribution in [0.15, 0.2) is 0 Å². The van der Waals surface area contributed by atoms with Gasteiger partial charge in [-0.25, -0.2) is 0 Å². The summed E-state index contributed by atoms with van der Waals surface area (Å²) in [6.45, 7) is 18.8. The van der Waals surface area contributed by atoms with Crippen molar-refractivity contribution in [1.82, 2.24) is 0 Å². The predicted molar refractivity (Wildman–Crippen MR) is 101 cm³/mol. The third kappa shape index (κ3) is 29.7. The molecule has 140 valence electrons. The van der Waals surface area contributed by atoms with E-state index in [1.165, 1.54) is 6.42 Å². The number of esters is 1. The first kappa shape index (κ1) is 27.0. The van der Waals surface area contributed by atoms with Crippen molar-refractivity contribution in [3.8, 4) is 0 Å². The standard InChI is InChI=1S/C11H22O.C6H12O2.C3H8/c1-9(2)5-7-11(12)8-6-10(3)4;1-4-8-6(7)5(2)3;1-3-2/h9-10H,5-8H2,1-4H3;5H,4H2,1-3H3;3H2,1-2H3. The van der Waals surface area contributed by atoms with Gasteiger partial charge in [0, 0.05) is 12.8 Å². The Kier molecular flexibility index (Phi) is 22.5. The van der Waals surface area contributed by atoms with E-state index in [2.05, 4.69) is 46.3 Å². The minimum atomic E-state index is -0.118. The Morgan fingerprint density at radius 3 is 1.30 bits per heavy atom. The molecule has 0 N–H and O–H groups in total. The molecule has 0 radical (unpaired) electrons. The molecule has 0 aromatic heterocycles. The lowest BCUT2D eigenvalue weighted by atomic mass is 10.0. The van der Waals surface area contributed by atoms with E-state index in [0.717, 1.165) is 25.7 Å². The van der Waals surface area contributed by atoms with Gasteiger partial charge in [-0.05, 0) is 31.6 Å². The highest BCUT2D eigenvalue weighted by atomic mass is 16.5. The first-order valence-corrected chi connectivity index (χ1v) is 9.30. The van der Waals surface area contributed by atoms with Crippen LogP contribution in [0.1, 0.15) is 94.4 Å². The maximum absolute atomic E-state index is 11.3. The Bertz CT molecular complexity index is 254. The van der Waals surface area contributed by atoms with Crippen LogP contribution in [0.4, 0.5) is 0 Å². The minimum Gasteiger partial charge on any atom is -0.466 e. The van der Waals surface area contributed by atoms with Crippen LogP contribution in [0, 0.1) is 17.8 Å². The zero-order valence-corrected chi connectivity index (χ0v) is 17.2. The SMILES string of the molecule is CC(C)CCC(=O)CCC(C)C.CCC.CCOC(=O)C(C)C. The van der Waals surface area contributed by atoms with Crippen molar-refractivity contribution in [2.45, 2.75) is 94.4 Å². The normalized spacial score (nSPS) is 9.91. The van der Waals surface area contributed by atoms with E-state index in [1.807, 2.05) is 13.8 Å². The monoisotopic (exact) mass is 330 g/mol. The summed E-state index contributed by atoms with van der Waals surface area (Å²) in [7, 11) is 0. The predicted octanol–water partition coefficient (Wildman–Crippen LogP) is 6.05. The summed E-state index contributed by atoms with van der Waals surface area (Å²) in [5, 5.41) is 0. The van der Waals surface area contributed by atoms with Crippen LogP contribution < -0.4 is 0 Å². The van der Waals surface area contributed by atoms with E-state index in [0.29, 0.717) is 24.2 Å². The summed E-state index contributed by atoms with van der Waals surface area (Å²) in [5.41, 5.74) is 0. The summed E-state index contributed by atoms with van der Waals surface area (Å²) >= 11 is 0. The molecule has 3 heteroatoms. The Morgan fingerprint density at radius 2 is 1.13 bits per heavy atom. The Balaban J connectivity index is -0.000000313. The smallest absolute Gasteiger partial charge is 0.308 e. The molecule has 0 rings (SSSR count). The zero-order chi connectivity index (χ0) is 18.8. The van der Waals surface area contributed by atoms with Crippen LogP contribution in [0.2, 0.25) is 0 Å². The van der Waals surface area contributed by atoms with E-state index in [9.17, 15) is 9.59 Å². The quantitative estimate of drug-likeness (QED) is 0.509. The van der Waals surface area contributed by atoms with E-state index >= 15 is 0 Å². The Hall–Kier alpha value is -0.860. The third-order valence-electron chi connectivity index (χ3n) is 2.76. The van der Waals surface area contributed by atoms with E-state index < -0.39 is 0 Å². The molecule has 0 saturated carbocycles. The molecule has 0 unspecified atom stereocenters. The zero-order valence-electron chi connectivity index (χ0n) is 17.2. The second-order valence-corrected chi connectivity index (χ2v) is 7.02. The molecule has 0 fully saturated rings. The minimum absolute atomic E-state index is 0.00921. The molecule has 3 nitrogen and oxygen atoms in total. The van der Waals surface area contributed by atoms with Crippen molar-refractivity contribution in [3.63, 3.8) is 0 Å². The van der Waals surface area contributed by atoms with E-state index in [-0.39, 0.29) is 11.9 Å². The first-order valence-electron chi connectivity index (χ1n) is 9.30. The van der Waals surface area contributed by atoms with Gasteiger partial charge in [0.25, 0.3) is 0 Å². The number of hydrogen-bond acceptors (Lipinski definition) is 3. The van der Waals surface area contributed by atoms with Crippen molar-refractivity contribution in [2.75, 3.05) is 6.61 Å². The molecule has 0 aromatic rings. The average Bonchev–Trinajstić information content (AvgIpc) is 2.44. The molecule has 0 heterocycles. The molecular formula is C20H42O3. The maximum atomic E-state index is 11.3. The average molecular weight is 331 g/mol. The van der Waals surface area contributed by atoms with Crippen LogP contribution >= 0.6 is 0 Å². The Morgan fingerprint density at radius 1 is 0.783 bits per heavy atom. The van der Waals surface area contributed by atoms with Crippen molar-refractivity contribution in [3.05, 3.63) is 0 Å². The van der Waals surface area contributed by atoms with Gasteiger partial charge in [-0.15, -0.1) is 0 Å². The topological polar surface area (TPSA) is 43.4 Å². The van der Waals surface area contributed by atoms with E-state index in [1.54, 1.807) is 6.92 Å². The van der Waals surface area contributed by atoms with Crippen LogP contribution in [-0.4, -0.2) is 18.4 Å². The molecule has 0 amide bonds. The fraction of sp³-hybridized carbons (Fsp3) is 0.900. The van der Waals surface area contributed by atoms with Gasteiger partial charge in [0.05, 0.1) is 12.5 Å². The number of ether oxygens (including phenoxy) is 1. The number of carbonyl (C=O) groups is 2.